The van der Waals surface area contributed by atoms with Crippen LogP contribution in [-0.2, 0) is 4.79 Å². The molecule has 0 fully saturated rings. The molecule has 0 saturated heterocycles. The molecule has 2 aromatic rings. The fourth-order valence-electron chi connectivity index (χ4n) is 2.14. The highest BCUT2D eigenvalue weighted by molar-refractivity contribution is 5.91. The molecule has 0 aliphatic carbocycles. The third-order valence-corrected chi connectivity index (χ3v) is 3.57. The van der Waals surface area contributed by atoms with Gasteiger partial charge in [0.2, 0.25) is 5.91 Å². The van der Waals surface area contributed by atoms with Crippen LogP contribution in [0, 0.1) is 17.5 Å². The molecule has 0 aliphatic rings. The SMILES string of the molecule is CC(C)c1ccc(NCCC(=O)Nc2ccc(F)c(F)c2F)cc1. The fraction of sp³-hybridized carbons (Fsp3) is 0.278. The van der Waals surface area contributed by atoms with Gasteiger partial charge < -0.3 is 10.6 Å². The lowest BCUT2D eigenvalue weighted by atomic mass is 10.0. The van der Waals surface area contributed by atoms with Crippen molar-refractivity contribution in [1.29, 1.82) is 0 Å². The van der Waals surface area contributed by atoms with Crippen LogP contribution in [-0.4, -0.2) is 12.5 Å². The van der Waals surface area contributed by atoms with E-state index in [-0.39, 0.29) is 12.1 Å². The maximum absolute atomic E-state index is 13.5. The lowest BCUT2D eigenvalue weighted by Gasteiger charge is -2.10. The molecule has 24 heavy (non-hydrogen) atoms. The van der Waals surface area contributed by atoms with Crippen molar-refractivity contribution in [3.8, 4) is 0 Å². The van der Waals surface area contributed by atoms with Crippen LogP contribution < -0.4 is 10.6 Å². The molecule has 2 aromatic carbocycles. The molecule has 1 amide bonds. The van der Waals surface area contributed by atoms with Gasteiger partial charge in [0.05, 0.1) is 5.69 Å². The van der Waals surface area contributed by atoms with Crippen LogP contribution in [0.25, 0.3) is 0 Å². The molecule has 6 heteroatoms. The van der Waals surface area contributed by atoms with E-state index in [4.69, 9.17) is 0 Å². The van der Waals surface area contributed by atoms with E-state index in [0.717, 1.165) is 17.8 Å². The van der Waals surface area contributed by atoms with Crippen molar-refractivity contribution in [2.75, 3.05) is 17.2 Å². The number of hydrogen-bond donors (Lipinski definition) is 2. The molecule has 0 radical (unpaired) electrons. The smallest absolute Gasteiger partial charge is 0.226 e. The maximum atomic E-state index is 13.5. The Morgan fingerprint density at radius 3 is 2.29 bits per heavy atom. The number of carbonyl (C=O) groups excluding carboxylic acids is 1. The number of halogens is 3. The van der Waals surface area contributed by atoms with Crippen LogP contribution in [0.2, 0.25) is 0 Å². The summed E-state index contributed by atoms with van der Waals surface area (Å²) >= 11 is 0. The number of hydrogen-bond acceptors (Lipinski definition) is 2. The minimum atomic E-state index is -1.60. The van der Waals surface area contributed by atoms with E-state index < -0.39 is 23.4 Å². The molecule has 128 valence electrons. The molecule has 2 N–H and O–H groups in total. The second kappa shape index (κ2) is 7.86. The van der Waals surface area contributed by atoms with Crippen LogP contribution >= 0.6 is 0 Å². The minimum absolute atomic E-state index is 0.0599. The molecule has 0 heterocycles. The topological polar surface area (TPSA) is 41.1 Å². The van der Waals surface area contributed by atoms with Crippen LogP contribution in [0.15, 0.2) is 36.4 Å². The normalized spacial score (nSPS) is 10.8. The van der Waals surface area contributed by atoms with Crippen molar-refractivity contribution in [3.63, 3.8) is 0 Å². The second-order valence-corrected chi connectivity index (χ2v) is 5.72. The first-order valence-corrected chi connectivity index (χ1v) is 7.65. The molecular formula is C18H19F3N2O. The lowest BCUT2D eigenvalue weighted by molar-refractivity contribution is -0.116. The van der Waals surface area contributed by atoms with Gasteiger partial charge in [0, 0.05) is 18.7 Å². The van der Waals surface area contributed by atoms with Gasteiger partial charge in [-0.05, 0) is 35.7 Å². The zero-order chi connectivity index (χ0) is 17.7. The van der Waals surface area contributed by atoms with E-state index in [9.17, 15) is 18.0 Å². The summed E-state index contributed by atoms with van der Waals surface area (Å²) in [7, 11) is 0. The predicted octanol–water partition coefficient (Wildman–Crippen LogP) is 4.67. The Balaban J connectivity index is 1.84. The van der Waals surface area contributed by atoms with Crippen molar-refractivity contribution in [2.45, 2.75) is 26.2 Å². The molecule has 0 atom stereocenters. The molecule has 0 spiro atoms. The molecule has 0 aliphatic heterocycles. The molecule has 0 aromatic heterocycles. The summed E-state index contributed by atoms with van der Waals surface area (Å²) in [5.74, 6) is -4.35. The summed E-state index contributed by atoms with van der Waals surface area (Å²) in [5.41, 5.74) is 1.71. The Morgan fingerprint density at radius 2 is 1.67 bits per heavy atom. The van der Waals surface area contributed by atoms with Crippen LogP contribution in [0.5, 0.6) is 0 Å². The summed E-state index contributed by atoms with van der Waals surface area (Å²) in [5, 5.41) is 5.30. The van der Waals surface area contributed by atoms with E-state index in [0.29, 0.717) is 12.5 Å². The van der Waals surface area contributed by atoms with Crippen LogP contribution in [0.3, 0.4) is 0 Å². The summed E-state index contributed by atoms with van der Waals surface area (Å²) in [6.45, 7) is 4.53. The van der Waals surface area contributed by atoms with E-state index in [1.54, 1.807) is 0 Å². The first-order chi connectivity index (χ1) is 11.4. The van der Waals surface area contributed by atoms with Crippen LogP contribution in [0.1, 0.15) is 31.7 Å². The Hall–Kier alpha value is -2.50. The Labute approximate surface area is 138 Å². The van der Waals surface area contributed by atoms with Gasteiger partial charge in [-0.2, -0.15) is 0 Å². The highest BCUT2D eigenvalue weighted by atomic mass is 19.2. The Kier molecular flexibility index (Phi) is 5.84. The Bertz CT molecular complexity index is 715. The number of benzene rings is 2. The summed E-state index contributed by atoms with van der Waals surface area (Å²) < 4.78 is 39.4. The fourth-order valence-corrected chi connectivity index (χ4v) is 2.14. The second-order valence-electron chi connectivity index (χ2n) is 5.72. The average molecular weight is 336 g/mol. The van der Waals surface area contributed by atoms with E-state index in [1.807, 2.05) is 24.3 Å². The van der Waals surface area contributed by atoms with Gasteiger partial charge in [-0.1, -0.05) is 26.0 Å². The zero-order valence-electron chi connectivity index (χ0n) is 13.5. The first-order valence-electron chi connectivity index (χ1n) is 7.65. The van der Waals surface area contributed by atoms with E-state index in [1.165, 1.54) is 5.56 Å². The third-order valence-electron chi connectivity index (χ3n) is 3.57. The standard InChI is InChI=1S/C18H19F3N2O/c1-11(2)12-3-5-13(6-4-12)22-10-9-16(24)23-15-8-7-14(19)17(20)18(15)21/h3-8,11,22H,9-10H2,1-2H3,(H,23,24). The number of carbonyl (C=O) groups is 1. The molecular weight excluding hydrogens is 317 g/mol. The third kappa shape index (κ3) is 4.50. The van der Waals surface area contributed by atoms with Gasteiger partial charge in [0.1, 0.15) is 0 Å². The first kappa shape index (κ1) is 17.8. The van der Waals surface area contributed by atoms with Gasteiger partial charge in [0.25, 0.3) is 0 Å². The molecule has 3 nitrogen and oxygen atoms in total. The average Bonchev–Trinajstić information content (AvgIpc) is 2.56. The van der Waals surface area contributed by atoms with Crippen molar-refractivity contribution < 1.29 is 18.0 Å². The molecule has 0 unspecified atom stereocenters. The summed E-state index contributed by atoms with van der Waals surface area (Å²) in [6, 6.07) is 9.60. The predicted molar refractivity (Wildman–Crippen MR) is 88.6 cm³/mol. The minimum Gasteiger partial charge on any atom is -0.385 e. The monoisotopic (exact) mass is 336 g/mol. The highest BCUT2D eigenvalue weighted by Gasteiger charge is 2.14. The number of rotatable bonds is 6. The Morgan fingerprint density at radius 1 is 1.00 bits per heavy atom. The van der Waals surface area contributed by atoms with Crippen LogP contribution in [0.4, 0.5) is 24.5 Å². The zero-order valence-corrected chi connectivity index (χ0v) is 13.5. The van der Waals surface area contributed by atoms with Gasteiger partial charge in [-0.25, -0.2) is 13.2 Å². The van der Waals surface area contributed by atoms with Crippen molar-refractivity contribution in [2.24, 2.45) is 0 Å². The highest BCUT2D eigenvalue weighted by Crippen LogP contribution is 2.20. The molecule has 2 rings (SSSR count). The summed E-state index contributed by atoms with van der Waals surface area (Å²) in [4.78, 5) is 11.8. The van der Waals surface area contributed by atoms with Gasteiger partial charge in [0.15, 0.2) is 17.5 Å². The van der Waals surface area contributed by atoms with Gasteiger partial charge >= 0.3 is 0 Å². The largest absolute Gasteiger partial charge is 0.385 e. The summed E-state index contributed by atoms with van der Waals surface area (Å²) in [6.07, 6.45) is 0.0599. The van der Waals surface area contributed by atoms with Crippen molar-refractivity contribution >= 4 is 17.3 Å². The number of anilines is 2. The number of nitrogens with one attached hydrogen (secondary N) is 2. The molecule has 0 bridgehead atoms. The number of amides is 1. The van der Waals surface area contributed by atoms with Gasteiger partial charge in [-0.3, -0.25) is 4.79 Å². The van der Waals surface area contributed by atoms with Crippen molar-refractivity contribution in [1.82, 2.24) is 0 Å². The van der Waals surface area contributed by atoms with Gasteiger partial charge in [-0.15, -0.1) is 0 Å². The van der Waals surface area contributed by atoms with E-state index in [2.05, 4.69) is 24.5 Å². The lowest BCUT2D eigenvalue weighted by Crippen LogP contribution is -2.17. The molecule has 0 saturated carbocycles. The maximum Gasteiger partial charge on any atom is 0.226 e. The van der Waals surface area contributed by atoms with Crippen molar-refractivity contribution in [3.05, 3.63) is 59.4 Å². The van der Waals surface area contributed by atoms with E-state index >= 15 is 0 Å². The quantitative estimate of drug-likeness (QED) is 0.753.